The van der Waals surface area contributed by atoms with Gasteiger partial charge in [-0.3, -0.25) is 14.9 Å². The Morgan fingerprint density at radius 2 is 1.35 bits per heavy atom. The fourth-order valence-electron chi connectivity index (χ4n) is 3.12. The fourth-order valence-corrected chi connectivity index (χ4v) is 5.22. The van der Waals surface area contributed by atoms with E-state index in [0.29, 0.717) is 10.7 Å². The molecule has 34 heavy (non-hydrogen) atoms. The summed E-state index contributed by atoms with van der Waals surface area (Å²) in [7, 11) is -8.06. The number of hydrazine groups is 1. The van der Waals surface area contributed by atoms with Crippen molar-refractivity contribution in [2.45, 2.75) is 9.79 Å². The first-order valence-corrected chi connectivity index (χ1v) is 13.2. The van der Waals surface area contributed by atoms with E-state index >= 15 is 0 Å². The topological polar surface area (TPSA) is 121 Å². The molecule has 4 rings (SSSR count). The van der Waals surface area contributed by atoms with Gasteiger partial charge in [0.2, 0.25) is 0 Å². The van der Waals surface area contributed by atoms with Crippen molar-refractivity contribution in [1.29, 1.82) is 0 Å². The lowest BCUT2D eigenvalue weighted by molar-refractivity contribution is 0.0945. The molecule has 4 aromatic carbocycles. The molecule has 8 nitrogen and oxygen atoms in total. The van der Waals surface area contributed by atoms with Gasteiger partial charge in [-0.05, 0) is 65.4 Å². The molecule has 3 N–H and O–H groups in total. The molecule has 0 spiro atoms. The van der Waals surface area contributed by atoms with Gasteiger partial charge in [0.15, 0.2) is 0 Å². The Morgan fingerprint density at radius 1 is 0.676 bits per heavy atom. The number of carbonyl (C=O) groups is 1. The van der Waals surface area contributed by atoms with E-state index in [4.69, 9.17) is 11.6 Å². The second-order valence-corrected chi connectivity index (χ2v) is 11.0. The Kier molecular flexibility index (Phi) is 6.58. The highest BCUT2D eigenvalue weighted by Gasteiger charge is 2.19. The number of carbonyl (C=O) groups excluding carboxylic acids is 1. The largest absolute Gasteiger partial charge is 0.280 e. The first-order chi connectivity index (χ1) is 16.1. The first kappa shape index (κ1) is 23.7. The van der Waals surface area contributed by atoms with Crippen LogP contribution < -0.4 is 15.0 Å². The lowest BCUT2D eigenvalue weighted by atomic mass is 10.1. The number of anilines is 1. The molecule has 0 unspecified atom stereocenters. The van der Waals surface area contributed by atoms with Crippen molar-refractivity contribution in [3.05, 3.63) is 102 Å². The third kappa shape index (κ3) is 5.37. The van der Waals surface area contributed by atoms with Gasteiger partial charge in [0.05, 0.1) is 9.79 Å². The number of nitrogens with one attached hydrogen (secondary N) is 3. The number of hydrogen-bond donors (Lipinski definition) is 3. The van der Waals surface area contributed by atoms with Gasteiger partial charge >= 0.3 is 0 Å². The lowest BCUT2D eigenvalue weighted by Crippen LogP contribution is -2.41. The minimum atomic E-state index is -4.06. The molecule has 0 aliphatic rings. The molecule has 1 amide bonds. The van der Waals surface area contributed by atoms with Crippen molar-refractivity contribution in [1.82, 2.24) is 10.3 Å². The van der Waals surface area contributed by atoms with Crippen LogP contribution in [0.15, 0.2) is 101 Å². The highest BCUT2D eigenvalue weighted by Crippen LogP contribution is 2.20. The van der Waals surface area contributed by atoms with E-state index in [9.17, 15) is 21.6 Å². The molecule has 0 aliphatic heterocycles. The van der Waals surface area contributed by atoms with Crippen LogP contribution in [-0.2, 0) is 20.0 Å². The summed E-state index contributed by atoms with van der Waals surface area (Å²) >= 11 is 5.81. The van der Waals surface area contributed by atoms with Crippen LogP contribution in [0.1, 0.15) is 10.4 Å². The third-order valence-corrected chi connectivity index (χ3v) is 7.71. The van der Waals surface area contributed by atoms with Crippen molar-refractivity contribution in [3.8, 4) is 0 Å². The van der Waals surface area contributed by atoms with E-state index in [1.165, 1.54) is 54.6 Å². The van der Waals surface area contributed by atoms with Gasteiger partial charge in [-0.1, -0.05) is 48.0 Å². The molecule has 0 saturated heterocycles. The Hall–Kier alpha value is -3.44. The second-order valence-electron chi connectivity index (χ2n) is 7.21. The number of fused-ring (bicyclic) bond motifs is 1. The van der Waals surface area contributed by atoms with Crippen LogP contribution in [0.25, 0.3) is 10.8 Å². The maximum atomic E-state index is 12.7. The monoisotopic (exact) mass is 515 g/mol. The van der Waals surface area contributed by atoms with Crippen LogP contribution in [-0.4, -0.2) is 22.7 Å². The van der Waals surface area contributed by atoms with Crippen LogP contribution in [0.4, 0.5) is 5.69 Å². The first-order valence-electron chi connectivity index (χ1n) is 9.83. The highest BCUT2D eigenvalue weighted by atomic mass is 35.5. The maximum Gasteiger partial charge on any atom is 0.266 e. The normalized spacial score (nSPS) is 11.8. The minimum Gasteiger partial charge on any atom is -0.280 e. The summed E-state index contributed by atoms with van der Waals surface area (Å²) < 4.78 is 53.0. The fraction of sp³-hybridized carbons (Fsp3) is 0. The molecule has 0 atom stereocenters. The molecule has 174 valence electrons. The van der Waals surface area contributed by atoms with Gasteiger partial charge in [0.25, 0.3) is 26.0 Å². The zero-order valence-corrected chi connectivity index (χ0v) is 19.8. The Bertz CT molecular complexity index is 1590. The summed E-state index contributed by atoms with van der Waals surface area (Å²) in [6.45, 7) is 0. The van der Waals surface area contributed by atoms with Gasteiger partial charge in [-0.2, -0.15) is 0 Å². The Morgan fingerprint density at radius 3 is 2.09 bits per heavy atom. The molecule has 0 saturated carbocycles. The van der Waals surface area contributed by atoms with E-state index in [2.05, 4.69) is 10.1 Å². The summed E-state index contributed by atoms with van der Waals surface area (Å²) in [6.07, 6.45) is 0. The van der Waals surface area contributed by atoms with Crippen molar-refractivity contribution in [3.63, 3.8) is 0 Å². The molecule has 0 heterocycles. The summed E-state index contributed by atoms with van der Waals surface area (Å²) in [5, 5.41) is 2.05. The molecular weight excluding hydrogens is 498 g/mol. The van der Waals surface area contributed by atoms with Gasteiger partial charge in [-0.15, -0.1) is 4.83 Å². The van der Waals surface area contributed by atoms with Gasteiger partial charge in [-0.25, -0.2) is 16.8 Å². The molecule has 0 aromatic heterocycles. The van der Waals surface area contributed by atoms with Crippen molar-refractivity contribution in [2.24, 2.45) is 0 Å². The Labute approximate surface area is 201 Å². The van der Waals surface area contributed by atoms with E-state index in [0.717, 1.165) is 16.8 Å². The van der Waals surface area contributed by atoms with Crippen molar-refractivity contribution >= 4 is 54.0 Å². The van der Waals surface area contributed by atoms with Crippen LogP contribution in [0.3, 0.4) is 0 Å². The van der Waals surface area contributed by atoms with E-state index in [1.54, 1.807) is 18.2 Å². The average molecular weight is 516 g/mol. The molecule has 0 bridgehead atoms. The van der Waals surface area contributed by atoms with Gasteiger partial charge in [0, 0.05) is 16.3 Å². The molecule has 4 aromatic rings. The minimum absolute atomic E-state index is 0.0324. The van der Waals surface area contributed by atoms with Crippen LogP contribution in [0.5, 0.6) is 0 Å². The number of hydrogen-bond acceptors (Lipinski definition) is 5. The smallest absolute Gasteiger partial charge is 0.266 e. The standard InChI is InChI=1S/C23H18ClN3O5S2/c24-19-9-11-20(12-10-19)26-33(29,30)21-7-3-6-18(15-21)23(28)25-27-34(31,32)22-13-8-16-4-1-2-5-17(16)14-22/h1-15,26-27H,(H,25,28). The summed E-state index contributed by atoms with van der Waals surface area (Å²) in [5.41, 5.74) is 2.35. The van der Waals surface area contributed by atoms with E-state index < -0.39 is 26.0 Å². The summed E-state index contributed by atoms with van der Waals surface area (Å²) in [5.74, 6) is -0.826. The number of halogens is 1. The predicted octanol–water partition coefficient (Wildman–Crippen LogP) is 3.92. The van der Waals surface area contributed by atoms with E-state index in [-0.39, 0.29) is 15.4 Å². The summed E-state index contributed by atoms with van der Waals surface area (Å²) in [6, 6.07) is 23.1. The highest BCUT2D eigenvalue weighted by molar-refractivity contribution is 7.92. The molecule has 0 aliphatic carbocycles. The zero-order valence-electron chi connectivity index (χ0n) is 17.4. The number of amides is 1. The van der Waals surface area contributed by atoms with Crippen LogP contribution in [0.2, 0.25) is 5.02 Å². The Balaban J connectivity index is 1.49. The van der Waals surface area contributed by atoms with Gasteiger partial charge in [0.1, 0.15) is 0 Å². The van der Waals surface area contributed by atoms with Crippen LogP contribution >= 0.6 is 11.6 Å². The summed E-state index contributed by atoms with van der Waals surface area (Å²) in [4.78, 5) is 14.4. The zero-order chi connectivity index (χ0) is 24.3. The van der Waals surface area contributed by atoms with E-state index in [1.807, 2.05) is 17.0 Å². The molecular formula is C23H18ClN3O5S2. The van der Waals surface area contributed by atoms with Gasteiger partial charge < -0.3 is 0 Å². The number of rotatable bonds is 7. The quantitative estimate of drug-likeness (QED) is 0.322. The molecule has 11 heteroatoms. The second kappa shape index (κ2) is 9.43. The third-order valence-electron chi connectivity index (χ3n) is 4.83. The average Bonchev–Trinajstić information content (AvgIpc) is 2.83. The van der Waals surface area contributed by atoms with Crippen LogP contribution in [0, 0.1) is 0 Å². The SMILES string of the molecule is O=C(NNS(=O)(=O)c1ccc2ccccc2c1)c1cccc(S(=O)(=O)Nc2ccc(Cl)cc2)c1. The number of sulfonamides is 2. The van der Waals surface area contributed by atoms with Crippen molar-refractivity contribution < 1.29 is 21.6 Å². The predicted molar refractivity (Wildman–Crippen MR) is 130 cm³/mol. The lowest BCUT2D eigenvalue weighted by Gasteiger charge is -2.11. The molecule has 0 radical (unpaired) electrons. The van der Waals surface area contributed by atoms with Crippen molar-refractivity contribution in [2.75, 3.05) is 4.72 Å². The maximum absolute atomic E-state index is 12.7. The number of benzene rings is 4. The molecule has 0 fully saturated rings.